The Bertz CT molecular complexity index is 636. The molecule has 0 aliphatic rings. The van der Waals surface area contributed by atoms with Crippen molar-refractivity contribution < 1.29 is 0 Å². The lowest BCUT2D eigenvalue weighted by Gasteiger charge is -2.16. The third-order valence-corrected chi connectivity index (χ3v) is 5.14. The molecule has 0 heterocycles. The molecule has 2 rings (SSSR count). The van der Waals surface area contributed by atoms with Crippen LogP contribution in [0, 0.1) is 18.8 Å². The molecule has 0 N–H and O–H groups in total. The Labute approximate surface area is 117 Å². The fourth-order valence-electron chi connectivity index (χ4n) is 1.93. The quantitative estimate of drug-likeness (QED) is 0.540. The molecule has 19 heavy (non-hydrogen) atoms. The average Bonchev–Trinajstić information content (AvgIpc) is 2.36. The average molecular weight is 264 g/mol. The first-order chi connectivity index (χ1) is 8.95. The molecule has 1 heteroatoms. The van der Waals surface area contributed by atoms with Crippen LogP contribution < -0.4 is 5.19 Å². The number of hydrogen-bond acceptors (Lipinski definition) is 0. The highest BCUT2D eigenvalue weighted by atomic mass is 28.3. The fourth-order valence-corrected chi connectivity index (χ4v) is 3.12. The maximum atomic E-state index is 3.27. The minimum absolute atomic E-state index is 1.08. The van der Waals surface area contributed by atoms with E-state index in [1.54, 1.807) is 0 Å². The van der Waals surface area contributed by atoms with Crippen molar-refractivity contribution in [2.24, 2.45) is 0 Å². The van der Waals surface area contributed by atoms with Gasteiger partial charge in [0.05, 0.1) is 8.07 Å². The molecule has 0 aromatic heterocycles. The van der Waals surface area contributed by atoms with Gasteiger partial charge in [-0.05, 0) is 36.8 Å². The normalized spacial score (nSPS) is 10.7. The maximum Gasteiger partial charge on any atom is 0.0776 e. The summed E-state index contributed by atoms with van der Waals surface area (Å²) in [4.78, 5) is 0. The van der Waals surface area contributed by atoms with Gasteiger partial charge in [0.1, 0.15) is 0 Å². The van der Waals surface area contributed by atoms with E-state index in [0.717, 1.165) is 11.1 Å². The van der Waals surface area contributed by atoms with E-state index in [9.17, 15) is 0 Å². The summed E-state index contributed by atoms with van der Waals surface area (Å²) in [5, 5.41) is 1.46. The van der Waals surface area contributed by atoms with Crippen LogP contribution >= 0.6 is 0 Å². The largest absolute Gasteiger partial charge is 0.0776 e. The Morgan fingerprint density at radius 2 is 1.37 bits per heavy atom. The van der Waals surface area contributed by atoms with E-state index in [1.165, 1.54) is 10.8 Å². The molecular weight excluding hydrogens is 244 g/mol. The van der Waals surface area contributed by atoms with Crippen LogP contribution in [-0.4, -0.2) is 8.07 Å². The van der Waals surface area contributed by atoms with Crippen molar-refractivity contribution in [3.8, 4) is 11.8 Å². The van der Waals surface area contributed by atoms with Crippen molar-refractivity contribution >= 4 is 13.3 Å². The first-order valence-electron chi connectivity index (χ1n) is 6.64. The first-order valence-corrected chi connectivity index (χ1v) is 10.1. The number of rotatable bonds is 1. The summed E-state index contributed by atoms with van der Waals surface area (Å²) in [6.07, 6.45) is 0. The summed E-state index contributed by atoms with van der Waals surface area (Å²) < 4.78 is 0. The highest BCUT2D eigenvalue weighted by molar-refractivity contribution is 6.88. The maximum absolute atomic E-state index is 3.27. The zero-order chi connectivity index (χ0) is 13.9. The summed E-state index contributed by atoms with van der Waals surface area (Å²) in [6.45, 7) is 9.18. The molecule has 2 aromatic rings. The van der Waals surface area contributed by atoms with Crippen LogP contribution in [0.25, 0.3) is 0 Å². The second-order valence-electron chi connectivity index (χ2n) is 5.95. The lowest BCUT2D eigenvalue weighted by atomic mass is 10.1. The van der Waals surface area contributed by atoms with E-state index in [1.807, 2.05) is 0 Å². The molecule has 0 amide bonds. The van der Waals surface area contributed by atoms with E-state index in [4.69, 9.17) is 0 Å². The van der Waals surface area contributed by atoms with Gasteiger partial charge >= 0.3 is 0 Å². The molecule has 0 atom stereocenters. The predicted octanol–water partition coefficient (Wildman–Crippen LogP) is 3.94. The molecule has 0 aliphatic carbocycles. The summed E-state index contributed by atoms with van der Waals surface area (Å²) in [6, 6.07) is 17.0. The van der Waals surface area contributed by atoms with Gasteiger partial charge in [-0.25, -0.2) is 0 Å². The van der Waals surface area contributed by atoms with Gasteiger partial charge in [0.15, 0.2) is 0 Å². The van der Waals surface area contributed by atoms with Gasteiger partial charge in [-0.2, -0.15) is 0 Å². The van der Waals surface area contributed by atoms with Crippen LogP contribution in [0.15, 0.2) is 48.5 Å². The van der Waals surface area contributed by atoms with Crippen LogP contribution in [0.2, 0.25) is 19.6 Å². The van der Waals surface area contributed by atoms with E-state index >= 15 is 0 Å². The predicted molar refractivity (Wildman–Crippen MR) is 86.6 cm³/mol. The van der Waals surface area contributed by atoms with Crippen molar-refractivity contribution in [2.45, 2.75) is 26.6 Å². The minimum atomic E-state index is -1.25. The van der Waals surface area contributed by atoms with E-state index < -0.39 is 8.07 Å². The molecular formula is C18H20Si. The molecule has 0 spiro atoms. The van der Waals surface area contributed by atoms with Gasteiger partial charge in [-0.3, -0.25) is 0 Å². The summed E-state index contributed by atoms with van der Waals surface area (Å²) in [7, 11) is -1.25. The summed E-state index contributed by atoms with van der Waals surface area (Å²) in [5.74, 6) is 6.52. The topological polar surface area (TPSA) is 0 Å². The van der Waals surface area contributed by atoms with Crippen LogP contribution in [0.1, 0.15) is 16.7 Å². The van der Waals surface area contributed by atoms with Crippen LogP contribution in [0.5, 0.6) is 0 Å². The second-order valence-corrected chi connectivity index (χ2v) is 11.0. The molecule has 0 radical (unpaired) electrons. The number of benzene rings is 2. The van der Waals surface area contributed by atoms with Crippen molar-refractivity contribution in [1.29, 1.82) is 0 Å². The zero-order valence-electron chi connectivity index (χ0n) is 12.1. The Balaban J connectivity index is 2.30. The van der Waals surface area contributed by atoms with Gasteiger partial charge in [0.25, 0.3) is 0 Å². The monoisotopic (exact) mass is 264 g/mol. The molecule has 0 aliphatic heterocycles. The SMILES string of the molecule is Cc1cccc(C#Cc2cccc([Si](C)(C)C)c2)c1. The van der Waals surface area contributed by atoms with E-state index in [-0.39, 0.29) is 0 Å². The second kappa shape index (κ2) is 5.46. The molecule has 0 bridgehead atoms. The lowest BCUT2D eigenvalue weighted by molar-refractivity contribution is 1.45. The van der Waals surface area contributed by atoms with Crippen molar-refractivity contribution in [3.05, 3.63) is 65.2 Å². The third kappa shape index (κ3) is 3.84. The smallest absolute Gasteiger partial charge is 0.0656 e. The molecule has 0 fully saturated rings. The molecule has 0 saturated heterocycles. The van der Waals surface area contributed by atoms with E-state index in [2.05, 4.69) is 86.9 Å². The van der Waals surface area contributed by atoms with Crippen molar-refractivity contribution in [1.82, 2.24) is 0 Å². The Morgan fingerprint density at radius 3 is 1.95 bits per heavy atom. The van der Waals surface area contributed by atoms with Gasteiger partial charge in [-0.15, -0.1) is 0 Å². The van der Waals surface area contributed by atoms with Crippen LogP contribution in [0.3, 0.4) is 0 Å². The molecule has 0 saturated carbocycles. The highest BCUT2D eigenvalue weighted by Gasteiger charge is 2.15. The highest BCUT2D eigenvalue weighted by Crippen LogP contribution is 2.06. The van der Waals surface area contributed by atoms with Gasteiger partial charge < -0.3 is 0 Å². The van der Waals surface area contributed by atoms with E-state index in [0.29, 0.717) is 0 Å². The standard InChI is InChI=1S/C18H20Si/c1-15-7-5-8-16(13-15)11-12-17-9-6-10-18(14-17)19(2,3)4/h5-10,13-14H,1-4H3. The Kier molecular flexibility index (Phi) is 3.92. The minimum Gasteiger partial charge on any atom is -0.0656 e. The summed E-state index contributed by atoms with van der Waals surface area (Å²) >= 11 is 0. The van der Waals surface area contributed by atoms with Gasteiger partial charge in [-0.1, -0.05) is 60.9 Å². The van der Waals surface area contributed by atoms with Crippen LogP contribution in [-0.2, 0) is 0 Å². The third-order valence-electron chi connectivity index (χ3n) is 3.10. The molecule has 0 nitrogen and oxygen atoms in total. The lowest BCUT2D eigenvalue weighted by Crippen LogP contribution is -2.37. The van der Waals surface area contributed by atoms with Crippen molar-refractivity contribution in [2.75, 3.05) is 0 Å². The molecule has 2 aromatic carbocycles. The number of hydrogen-bond donors (Lipinski definition) is 0. The van der Waals surface area contributed by atoms with Crippen LogP contribution in [0.4, 0.5) is 0 Å². The van der Waals surface area contributed by atoms with Gasteiger partial charge in [0.2, 0.25) is 0 Å². The zero-order valence-corrected chi connectivity index (χ0v) is 13.1. The first kappa shape index (κ1) is 13.6. The number of aryl methyl sites for hydroxylation is 1. The molecule has 0 unspecified atom stereocenters. The Hall–Kier alpha value is -1.78. The summed E-state index contributed by atoms with van der Waals surface area (Å²) in [5.41, 5.74) is 3.45. The Morgan fingerprint density at radius 1 is 0.789 bits per heavy atom. The van der Waals surface area contributed by atoms with Gasteiger partial charge in [0, 0.05) is 11.1 Å². The fraction of sp³-hybridized carbons (Fsp3) is 0.222. The van der Waals surface area contributed by atoms with Crippen molar-refractivity contribution in [3.63, 3.8) is 0 Å². The molecule has 96 valence electrons.